The van der Waals surface area contributed by atoms with Crippen molar-refractivity contribution < 1.29 is 9.85 Å². The van der Waals surface area contributed by atoms with E-state index in [1.165, 1.54) is 0 Å². The Morgan fingerprint density at radius 3 is 3.00 bits per heavy atom. The van der Waals surface area contributed by atoms with Gasteiger partial charge in [0.15, 0.2) is 11.8 Å². The van der Waals surface area contributed by atoms with Gasteiger partial charge < -0.3 is 10.3 Å². The summed E-state index contributed by atoms with van der Waals surface area (Å²) in [5, 5.41) is 19.8. The summed E-state index contributed by atoms with van der Waals surface area (Å²) in [7, 11) is 0. The van der Waals surface area contributed by atoms with Crippen LogP contribution in [0.5, 0.6) is 0 Å². The summed E-state index contributed by atoms with van der Waals surface area (Å²) in [6, 6.07) is -0.172. The molecule has 1 aliphatic rings. The Labute approximate surface area is 60.6 Å². The summed E-state index contributed by atoms with van der Waals surface area (Å²) < 4.78 is 0.948. The predicted molar refractivity (Wildman–Crippen MR) is 39.0 cm³/mol. The molecule has 1 aliphatic heterocycles. The van der Waals surface area contributed by atoms with Crippen molar-refractivity contribution in [2.45, 2.75) is 32.2 Å². The third-order valence-corrected chi connectivity index (χ3v) is 1.99. The molecule has 1 rings (SSSR count). The van der Waals surface area contributed by atoms with Crippen molar-refractivity contribution in [3.63, 3.8) is 0 Å². The van der Waals surface area contributed by atoms with Gasteiger partial charge in [-0.3, -0.25) is 0 Å². The number of hydrogen-bond donors (Lipinski definition) is 1. The van der Waals surface area contributed by atoms with E-state index in [9.17, 15) is 5.21 Å². The minimum Gasteiger partial charge on any atom is -0.624 e. The molecule has 1 N–H and O–H groups in total. The zero-order chi connectivity index (χ0) is 7.56. The van der Waals surface area contributed by atoms with E-state index >= 15 is 0 Å². The second-order valence-corrected chi connectivity index (χ2v) is 2.79. The summed E-state index contributed by atoms with van der Waals surface area (Å²) in [5.41, 5.74) is 0.852. The van der Waals surface area contributed by atoms with Gasteiger partial charge in [-0.1, -0.05) is 0 Å². The van der Waals surface area contributed by atoms with Crippen molar-refractivity contribution in [2.24, 2.45) is 0 Å². The van der Waals surface area contributed by atoms with E-state index in [0.29, 0.717) is 0 Å². The molecule has 0 aromatic heterocycles. The van der Waals surface area contributed by atoms with Crippen LogP contribution >= 0.6 is 0 Å². The molecule has 0 spiro atoms. The minimum absolute atomic E-state index is 0.0131. The first kappa shape index (κ1) is 7.54. The largest absolute Gasteiger partial charge is 0.624 e. The Bertz CT molecular complexity index is 154. The highest BCUT2D eigenvalue weighted by Crippen LogP contribution is 2.11. The first-order valence-corrected chi connectivity index (χ1v) is 3.65. The lowest BCUT2D eigenvalue weighted by Gasteiger charge is -2.21. The van der Waals surface area contributed by atoms with E-state index in [-0.39, 0.29) is 12.6 Å². The van der Waals surface area contributed by atoms with Crippen LogP contribution in [0.1, 0.15) is 26.2 Å². The maximum atomic E-state index is 11.1. The maximum absolute atomic E-state index is 11.1. The molecule has 10 heavy (non-hydrogen) atoms. The van der Waals surface area contributed by atoms with E-state index in [1.807, 2.05) is 6.92 Å². The van der Waals surface area contributed by atoms with E-state index in [1.54, 1.807) is 0 Å². The van der Waals surface area contributed by atoms with Crippen molar-refractivity contribution >= 4 is 5.71 Å². The molecule has 1 heterocycles. The van der Waals surface area contributed by atoms with Gasteiger partial charge in [0.25, 0.3) is 0 Å². The minimum atomic E-state index is -0.172. The van der Waals surface area contributed by atoms with Crippen LogP contribution in [-0.4, -0.2) is 28.2 Å². The van der Waals surface area contributed by atoms with Crippen LogP contribution in [0.2, 0.25) is 0 Å². The smallest absolute Gasteiger partial charge is 0.185 e. The SMILES string of the molecule is CC1=[N+]([O-])C(CO)CCC1. The lowest BCUT2D eigenvalue weighted by atomic mass is 10.0. The highest BCUT2D eigenvalue weighted by Gasteiger charge is 2.21. The van der Waals surface area contributed by atoms with Crippen LogP contribution in [0, 0.1) is 5.21 Å². The van der Waals surface area contributed by atoms with E-state index < -0.39 is 0 Å². The molecule has 0 bridgehead atoms. The Kier molecular flexibility index (Phi) is 2.27. The molecule has 0 fully saturated rings. The molecule has 0 aromatic carbocycles. The zero-order valence-corrected chi connectivity index (χ0v) is 6.21. The van der Waals surface area contributed by atoms with Gasteiger partial charge in [0.1, 0.15) is 6.61 Å². The number of rotatable bonds is 1. The molecular formula is C7H13NO2. The molecule has 0 saturated carbocycles. The fraction of sp³-hybridized carbons (Fsp3) is 0.857. The van der Waals surface area contributed by atoms with Gasteiger partial charge in [-0.2, -0.15) is 0 Å². The monoisotopic (exact) mass is 143 g/mol. The molecule has 3 heteroatoms. The van der Waals surface area contributed by atoms with Crippen molar-refractivity contribution in [3.8, 4) is 0 Å². The lowest BCUT2D eigenvalue weighted by molar-refractivity contribution is -0.512. The Hall–Kier alpha value is -0.570. The Morgan fingerprint density at radius 1 is 1.80 bits per heavy atom. The van der Waals surface area contributed by atoms with Crippen molar-refractivity contribution in [1.82, 2.24) is 0 Å². The molecular weight excluding hydrogens is 130 g/mol. The van der Waals surface area contributed by atoms with Gasteiger partial charge in [-0.05, 0) is 6.42 Å². The molecule has 0 amide bonds. The van der Waals surface area contributed by atoms with Crippen LogP contribution < -0.4 is 0 Å². The Morgan fingerprint density at radius 2 is 2.50 bits per heavy atom. The summed E-state index contributed by atoms with van der Waals surface area (Å²) in [5.74, 6) is 0. The normalized spacial score (nSPS) is 27.2. The van der Waals surface area contributed by atoms with Gasteiger partial charge in [0, 0.05) is 19.8 Å². The molecule has 1 unspecified atom stereocenters. The standard InChI is InChI=1S/C7H13NO2/c1-6-3-2-4-7(5-9)8(6)10/h7,9H,2-5H2,1H3. The zero-order valence-electron chi connectivity index (χ0n) is 6.21. The quantitative estimate of drug-likeness (QED) is 0.429. The average Bonchev–Trinajstić information content (AvgIpc) is 1.95. The van der Waals surface area contributed by atoms with Crippen LogP contribution in [0.25, 0.3) is 0 Å². The van der Waals surface area contributed by atoms with Gasteiger partial charge in [0.2, 0.25) is 0 Å². The molecule has 0 aromatic rings. The number of hydroxylamine groups is 1. The fourth-order valence-electron chi connectivity index (χ4n) is 1.30. The second-order valence-electron chi connectivity index (χ2n) is 2.79. The number of nitrogens with zero attached hydrogens (tertiary/aromatic N) is 1. The first-order valence-electron chi connectivity index (χ1n) is 3.65. The highest BCUT2D eigenvalue weighted by molar-refractivity contribution is 5.77. The highest BCUT2D eigenvalue weighted by atomic mass is 16.5. The summed E-state index contributed by atoms with van der Waals surface area (Å²) in [6.45, 7) is 1.82. The molecule has 0 aliphatic carbocycles. The fourth-order valence-corrected chi connectivity index (χ4v) is 1.30. The van der Waals surface area contributed by atoms with Crippen LogP contribution in [0.4, 0.5) is 0 Å². The molecule has 3 nitrogen and oxygen atoms in total. The second kappa shape index (κ2) is 3.01. The van der Waals surface area contributed by atoms with Gasteiger partial charge in [-0.15, -0.1) is 0 Å². The van der Waals surface area contributed by atoms with E-state index in [2.05, 4.69) is 0 Å². The maximum Gasteiger partial charge on any atom is 0.185 e. The van der Waals surface area contributed by atoms with Gasteiger partial charge in [-0.25, -0.2) is 4.74 Å². The third kappa shape index (κ3) is 1.29. The predicted octanol–water partition coefficient (Wildman–Crippen LogP) is 0.502. The van der Waals surface area contributed by atoms with Gasteiger partial charge >= 0.3 is 0 Å². The molecule has 0 radical (unpaired) electrons. The van der Waals surface area contributed by atoms with Gasteiger partial charge in [0.05, 0.1) is 0 Å². The van der Waals surface area contributed by atoms with E-state index in [0.717, 1.165) is 29.7 Å². The third-order valence-electron chi connectivity index (χ3n) is 1.99. The number of hydrogen-bond acceptors (Lipinski definition) is 2. The first-order chi connectivity index (χ1) is 4.75. The Balaban J connectivity index is 2.68. The lowest BCUT2D eigenvalue weighted by Crippen LogP contribution is -2.33. The molecule has 0 saturated heterocycles. The van der Waals surface area contributed by atoms with E-state index in [4.69, 9.17) is 5.11 Å². The van der Waals surface area contributed by atoms with Crippen molar-refractivity contribution in [3.05, 3.63) is 5.21 Å². The topological polar surface area (TPSA) is 46.3 Å². The number of aliphatic hydroxyl groups excluding tert-OH is 1. The number of aliphatic hydroxyl groups is 1. The average molecular weight is 143 g/mol. The van der Waals surface area contributed by atoms with Crippen LogP contribution in [-0.2, 0) is 0 Å². The van der Waals surface area contributed by atoms with Crippen LogP contribution in [0.15, 0.2) is 0 Å². The summed E-state index contributed by atoms with van der Waals surface area (Å²) >= 11 is 0. The van der Waals surface area contributed by atoms with Crippen molar-refractivity contribution in [2.75, 3.05) is 6.61 Å². The summed E-state index contributed by atoms with van der Waals surface area (Å²) in [4.78, 5) is 0. The molecule has 58 valence electrons. The van der Waals surface area contributed by atoms with Crippen molar-refractivity contribution in [1.29, 1.82) is 0 Å². The van der Waals surface area contributed by atoms with Crippen LogP contribution in [0.3, 0.4) is 0 Å². The molecule has 1 atom stereocenters. The summed E-state index contributed by atoms with van der Waals surface area (Å²) in [6.07, 6.45) is 2.76.